The van der Waals surface area contributed by atoms with Gasteiger partial charge in [0.15, 0.2) is 0 Å². The van der Waals surface area contributed by atoms with Gasteiger partial charge in [-0.2, -0.15) is 0 Å². The van der Waals surface area contributed by atoms with Crippen molar-refractivity contribution in [2.24, 2.45) is 0 Å². The normalized spacial score (nSPS) is 26.4. The number of hydrogen-bond acceptors (Lipinski definition) is 3. The van der Waals surface area contributed by atoms with Crippen LogP contribution >= 0.6 is 11.3 Å². The molecule has 1 saturated heterocycles. The maximum atomic E-state index is 6.35. The van der Waals surface area contributed by atoms with Crippen LogP contribution in [0.4, 0.5) is 0 Å². The summed E-state index contributed by atoms with van der Waals surface area (Å²) in [5.41, 5.74) is 0.278. The SMILES string of the molecule is Cc1ccc(CC(C)NCC2CCC3(CCCC3)O2)s1. The Bertz CT molecular complexity index is 436. The summed E-state index contributed by atoms with van der Waals surface area (Å²) in [7, 11) is 0. The minimum Gasteiger partial charge on any atom is -0.370 e. The molecule has 1 aromatic heterocycles. The monoisotopic (exact) mass is 293 g/mol. The summed E-state index contributed by atoms with van der Waals surface area (Å²) in [6.45, 7) is 5.49. The molecular formula is C17H27NOS. The molecule has 2 atom stereocenters. The second-order valence-corrected chi connectivity index (χ2v) is 8.07. The van der Waals surface area contributed by atoms with Crippen molar-refractivity contribution >= 4 is 11.3 Å². The minimum absolute atomic E-state index is 0.278. The van der Waals surface area contributed by atoms with E-state index in [-0.39, 0.29) is 5.60 Å². The number of nitrogens with one attached hydrogen (secondary N) is 1. The number of hydrogen-bond donors (Lipinski definition) is 1. The molecule has 1 N–H and O–H groups in total. The number of thiophene rings is 1. The second kappa shape index (κ2) is 6.17. The van der Waals surface area contributed by atoms with Crippen molar-refractivity contribution in [1.82, 2.24) is 5.32 Å². The molecule has 2 fully saturated rings. The molecule has 1 spiro atoms. The third kappa shape index (κ3) is 3.44. The smallest absolute Gasteiger partial charge is 0.0708 e. The predicted octanol–water partition coefficient (Wildman–Crippen LogP) is 4.07. The first-order valence-corrected chi connectivity index (χ1v) is 8.93. The van der Waals surface area contributed by atoms with E-state index in [4.69, 9.17) is 4.74 Å². The average Bonchev–Trinajstić information content (AvgIpc) is 3.12. The molecule has 1 aliphatic carbocycles. The van der Waals surface area contributed by atoms with Crippen LogP contribution in [0.2, 0.25) is 0 Å². The summed E-state index contributed by atoms with van der Waals surface area (Å²) in [5.74, 6) is 0. The molecule has 1 aliphatic heterocycles. The van der Waals surface area contributed by atoms with E-state index in [0.29, 0.717) is 12.1 Å². The van der Waals surface area contributed by atoms with Gasteiger partial charge in [0.2, 0.25) is 0 Å². The van der Waals surface area contributed by atoms with Gasteiger partial charge in [-0.25, -0.2) is 0 Å². The highest BCUT2D eigenvalue weighted by Gasteiger charge is 2.41. The van der Waals surface area contributed by atoms with Gasteiger partial charge in [-0.3, -0.25) is 0 Å². The second-order valence-electron chi connectivity index (χ2n) is 6.69. The zero-order valence-electron chi connectivity index (χ0n) is 12.8. The Hall–Kier alpha value is -0.380. The highest BCUT2D eigenvalue weighted by molar-refractivity contribution is 7.11. The van der Waals surface area contributed by atoms with E-state index in [1.54, 1.807) is 0 Å². The molecule has 112 valence electrons. The van der Waals surface area contributed by atoms with Gasteiger partial charge in [0, 0.05) is 22.3 Å². The van der Waals surface area contributed by atoms with Crippen LogP contribution in [0.1, 0.15) is 55.2 Å². The maximum Gasteiger partial charge on any atom is 0.0708 e. The fourth-order valence-corrected chi connectivity index (χ4v) is 4.75. The Labute approximate surface area is 126 Å². The van der Waals surface area contributed by atoms with E-state index in [9.17, 15) is 0 Å². The van der Waals surface area contributed by atoms with Gasteiger partial charge in [0.05, 0.1) is 11.7 Å². The molecule has 0 bridgehead atoms. The lowest BCUT2D eigenvalue weighted by Gasteiger charge is -2.24. The van der Waals surface area contributed by atoms with E-state index in [1.807, 2.05) is 11.3 Å². The Morgan fingerprint density at radius 2 is 2.15 bits per heavy atom. The maximum absolute atomic E-state index is 6.35. The topological polar surface area (TPSA) is 21.3 Å². The van der Waals surface area contributed by atoms with Crippen LogP contribution in [0.3, 0.4) is 0 Å². The zero-order valence-corrected chi connectivity index (χ0v) is 13.6. The summed E-state index contributed by atoms with van der Waals surface area (Å²) >= 11 is 1.92. The minimum atomic E-state index is 0.278. The summed E-state index contributed by atoms with van der Waals surface area (Å²) in [6, 6.07) is 5.02. The molecule has 2 heterocycles. The van der Waals surface area contributed by atoms with Crippen molar-refractivity contribution in [1.29, 1.82) is 0 Å². The molecular weight excluding hydrogens is 266 g/mol. The van der Waals surface area contributed by atoms with Crippen LogP contribution in [-0.2, 0) is 11.2 Å². The third-order valence-electron chi connectivity index (χ3n) is 4.85. The lowest BCUT2D eigenvalue weighted by atomic mass is 9.98. The number of ether oxygens (including phenoxy) is 1. The highest BCUT2D eigenvalue weighted by Crippen LogP contribution is 2.43. The van der Waals surface area contributed by atoms with Crippen molar-refractivity contribution in [3.63, 3.8) is 0 Å². The Kier molecular flexibility index (Phi) is 4.49. The van der Waals surface area contributed by atoms with Crippen LogP contribution in [-0.4, -0.2) is 24.3 Å². The van der Waals surface area contributed by atoms with Crippen molar-refractivity contribution in [3.8, 4) is 0 Å². The fourth-order valence-electron chi connectivity index (χ4n) is 3.73. The Morgan fingerprint density at radius 3 is 2.85 bits per heavy atom. The largest absolute Gasteiger partial charge is 0.370 e. The van der Waals surface area contributed by atoms with Crippen LogP contribution in [0.5, 0.6) is 0 Å². The quantitative estimate of drug-likeness (QED) is 0.883. The third-order valence-corrected chi connectivity index (χ3v) is 5.87. The molecule has 1 saturated carbocycles. The number of aryl methyl sites for hydroxylation is 1. The lowest BCUT2D eigenvalue weighted by molar-refractivity contribution is -0.0357. The van der Waals surface area contributed by atoms with E-state index >= 15 is 0 Å². The van der Waals surface area contributed by atoms with Gasteiger partial charge in [-0.05, 0) is 58.1 Å². The molecule has 0 radical (unpaired) electrons. The fraction of sp³-hybridized carbons (Fsp3) is 0.765. The average molecular weight is 293 g/mol. The predicted molar refractivity (Wildman–Crippen MR) is 85.5 cm³/mol. The van der Waals surface area contributed by atoms with Crippen LogP contribution in [0.15, 0.2) is 12.1 Å². The van der Waals surface area contributed by atoms with Gasteiger partial charge in [-0.1, -0.05) is 12.8 Å². The number of rotatable bonds is 5. The van der Waals surface area contributed by atoms with E-state index in [1.165, 1.54) is 48.3 Å². The molecule has 0 aromatic carbocycles. The summed E-state index contributed by atoms with van der Waals surface area (Å²) in [6.07, 6.45) is 9.45. The van der Waals surface area contributed by atoms with Gasteiger partial charge >= 0.3 is 0 Å². The summed E-state index contributed by atoms with van der Waals surface area (Å²) < 4.78 is 6.35. The van der Waals surface area contributed by atoms with Crippen LogP contribution in [0, 0.1) is 6.92 Å². The Morgan fingerprint density at radius 1 is 1.35 bits per heavy atom. The Balaban J connectivity index is 1.41. The first-order valence-electron chi connectivity index (χ1n) is 8.12. The van der Waals surface area contributed by atoms with Crippen molar-refractivity contribution in [3.05, 3.63) is 21.9 Å². The van der Waals surface area contributed by atoms with Crippen molar-refractivity contribution in [2.45, 2.75) is 76.5 Å². The molecule has 2 aliphatic rings. The van der Waals surface area contributed by atoms with Crippen LogP contribution in [0.25, 0.3) is 0 Å². The molecule has 3 rings (SSSR count). The first kappa shape index (κ1) is 14.6. The molecule has 3 heteroatoms. The molecule has 20 heavy (non-hydrogen) atoms. The summed E-state index contributed by atoms with van der Waals surface area (Å²) in [5, 5.41) is 3.67. The van der Waals surface area contributed by atoms with Crippen LogP contribution < -0.4 is 5.32 Å². The zero-order chi connectivity index (χ0) is 14.0. The van der Waals surface area contributed by atoms with Gasteiger partial charge in [0.1, 0.15) is 0 Å². The van der Waals surface area contributed by atoms with E-state index < -0.39 is 0 Å². The lowest BCUT2D eigenvalue weighted by Crippen LogP contribution is -2.36. The molecule has 2 nitrogen and oxygen atoms in total. The van der Waals surface area contributed by atoms with E-state index in [2.05, 4.69) is 31.3 Å². The first-order chi connectivity index (χ1) is 9.65. The molecule has 1 aromatic rings. The van der Waals surface area contributed by atoms with Gasteiger partial charge in [-0.15, -0.1) is 11.3 Å². The molecule has 0 amide bonds. The standard InChI is InChI=1S/C17H27NOS/c1-13(11-16-6-5-14(2)20-16)18-12-15-7-10-17(19-15)8-3-4-9-17/h5-6,13,15,18H,3-4,7-12H2,1-2H3. The molecule has 2 unspecified atom stereocenters. The van der Waals surface area contributed by atoms with Gasteiger partial charge in [0.25, 0.3) is 0 Å². The van der Waals surface area contributed by atoms with Crippen molar-refractivity contribution < 1.29 is 4.74 Å². The van der Waals surface area contributed by atoms with Gasteiger partial charge < -0.3 is 10.1 Å². The highest BCUT2D eigenvalue weighted by atomic mass is 32.1. The van der Waals surface area contributed by atoms with E-state index in [0.717, 1.165) is 13.0 Å². The summed E-state index contributed by atoms with van der Waals surface area (Å²) in [4.78, 5) is 2.90. The van der Waals surface area contributed by atoms with Crippen molar-refractivity contribution in [2.75, 3.05) is 6.54 Å².